The minimum atomic E-state index is -0.830. The van der Waals surface area contributed by atoms with Crippen molar-refractivity contribution < 1.29 is 9.90 Å². The van der Waals surface area contributed by atoms with E-state index in [0.29, 0.717) is 11.5 Å². The molecular formula is C9H14O2. The Hall–Kier alpha value is -0.790. The Morgan fingerprint density at radius 3 is 2.55 bits per heavy atom. The van der Waals surface area contributed by atoms with Crippen molar-refractivity contribution in [2.45, 2.75) is 26.2 Å². The molecule has 1 fully saturated rings. The lowest BCUT2D eigenvalue weighted by molar-refractivity contribution is -0.133. The quantitative estimate of drug-likeness (QED) is 0.618. The fraction of sp³-hybridized carbons (Fsp3) is 0.667. The Morgan fingerprint density at radius 1 is 1.55 bits per heavy atom. The highest BCUT2D eigenvalue weighted by molar-refractivity contribution is 5.86. The molecule has 2 nitrogen and oxygen atoms in total. The van der Waals surface area contributed by atoms with Gasteiger partial charge in [-0.2, -0.15) is 0 Å². The molecule has 0 aliphatic heterocycles. The van der Waals surface area contributed by atoms with E-state index in [1.807, 2.05) is 0 Å². The van der Waals surface area contributed by atoms with Gasteiger partial charge >= 0.3 is 5.97 Å². The second-order valence-corrected chi connectivity index (χ2v) is 3.45. The molecule has 0 spiro atoms. The van der Waals surface area contributed by atoms with E-state index in [9.17, 15) is 4.79 Å². The first-order valence-electron chi connectivity index (χ1n) is 4.03. The first-order chi connectivity index (χ1) is 5.11. The number of carbonyl (C=O) groups is 1. The van der Waals surface area contributed by atoms with Crippen LogP contribution in [0.4, 0.5) is 0 Å². The summed E-state index contributed by atoms with van der Waals surface area (Å²) in [7, 11) is 0. The number of hydrogen-bond donors (Lipinski definition) is 1. The third-order valence-corrected chi connectivity index (χ3v) is 2.46. The summed E-state index contributed by atoms with van der Waals surface area (Å²) in [4.78, 5) is 10.5. The lowest BCUT2D eigenvalue weighted by Crippen LogP contribution is -2.08. The van der Waals surface area contributed by atoms with E-state index < -0.39 is 5.97 Å². The van der Waals surface area contributed by atoms with Gasteiger partial charge in [-0.1, -0.05) is 19.9 Å². The van der Waals surface area contributed by atoms with E-state index in [1.54, 1.807) is 0 Å². The minimum absolute atomic E-state index is 0.238. The SMILES string of the molecule is C=C(C(=O)O)C1CCC(C)C1. The third-order valence-electron chi connectivity index (χ3n) is 2.46. The predicted octanol–water partition coefficient (Wildman–Crippen LogP) is 2.06. The van der Waals surface area contributed by atoms with E-state index in [-0.39, 0.29) is 5.92 Å². The molecule has 0 radical (unpaired) electrons. The van der Waals surface area contributed by atoms with Crippen LogP contribution < -0.4 is 0 Å². The van der Waals surface area contributed by atoms with Gasteiger partial charge in [0.05, 0.1) is 0 Å². The van der Waals surface area contributed by atoms with Crippen LogP contribution in [0.5, 0.6) is 0 Å². The van der Waals surface area contributed by atoms with Crippen LogP contribution >= 0.6 is 0 Å². The highest BCUT2D eigenvalue weighted by Gasteiger charge is 2.26. The topological polar surface area (TPSA) is 37.3 Å². The van der Waals surface area contributed by atoms with Crippen molar-refractivity contribution in [2.75, 3.05) is 0 Å². The van der Waals surface area contributed by atoms with Crippen LogP contribution in [-0.2, 0) is 4.79 Å². The Balaban J connectivity index is 2.50. The fourth-order valence-electron chi connectivity index (χ4n) is 1.70. The summed E-state index contributed by atoms with van der Waals surface area (Å²) >= 11 is 0. The monoisotopic (exact) mass is 154 g/mol. The molecule has 0 aromatic heterocycles. The molecule has 62 valence electrons. The van der Waals surface area contributed by atoms with Crippen LogP contribution in [0.25, 0.3) is 0 Å². The molecule has 1 aliphatic rings. The van der Waals surface area contributed by atoms with Crippen LogP contribution in [0.1, 0.15) is 26.2 Å². The second-order valence-electron chi connectivity index (χ2n) is 3.45. The van der Waals surface area contributed by atoms with Crippen LogP contribution in [0.15, 0.2) is 12.2 Å². The molecule has 11 heavy (non-hydrogen) atoms. The zero-order chi connectivity index (χ0) is 8.43. The van der Waals surface area contributed by atoms with Gasteiger partial charge in [0.15, 0.2) is 0 Å². The van der Waals surface area contributed by atoms with Crippen molar-refractivity contribution in [1.29, 1.82) is 0 Å². The highest BCUT2D eigenvalue weighted by Crippen LogP contribution is 2.34. The molecule has 2 atom stereocenters. The zero-order valence-corrected chi connectivity index (χ0v) is 6.84. The Labute approximate surface area is 66.9 Å². The maximum Gasteiger partial charge on any atom is 0.331 e. The summed E-state index contributed by atoms with van der Waals surface area (Å²) in [5.41, 5.74) is 0.398. The summed E-state index contributed by atoms with van der Waals surface area (Å²) in [6.07, 6.45) is 3.16. The summed E-state index contributed by atoms with van der Waals surface area (Å²) in [5, 5.41) is 8.63. The minimum Gasteiger partial charge on any atom is -0.478 e. The molecule has 1 rings (SSSR count). The molecule has 1 N–H and O–H groups in total. The third kappa shape index (κ3) is 1.82. The number of aliphatic carboxylic acids is 1. The van der Waals surface area contributed by atoms with Gasteiger partial charge in [0.1, 0.15) is 0 Å². The number of hydrogen-bond acceptors (Lipinski definition) is 1. The Morgan fingerprint density at radius 2 is 2.18 bits per heavy atom. The normalized spacial score (nSPS) is 30.3. The molecular weight excluding hydrogens is 140 g/mol. The van der Waals surface area contributed by atoms with Crippen LogP contribution in [-0.4, -0.2) is 11.1 Å². The lowest BCUT2D eigenvalue weighted by Gasteiger charge is -2.07. The molecule has 2 heteroatoms. The van der Waals surface area contributed by atoms with Crippen molar-refractivity contribution in [3.63, 3.8) is 0 Å². The van der Waals surface area contributed by atoms with Gasteiger partial charge in [0.2, 0.25) is 0 Å². The maximum absolute atomic E-state index is 10.5. The van der Waals surface area contributed by atoms with E-state index >= 15 is 0 Å². The molecule has 0 bridgehead atoms. The molecule has 0 saturated heterocycles. The van der Waals surface area contributed by atoms with Crippen molar-refractivity contribution in [1.82, 2.24) is 0 Å². The van der Waals surface area contributed by atoms with E-state index in [4.69, 9.17) is 5.11 Å². The maximum atomic E-state index is 10.5. The smallest absolute Gasteiger partial charge is 0.331 e. The number of carboxylic acids is 1. The van der Waals surface area contributed by atoms with E-state index in [2.05, 4.69) is 13.5 Å². The molecule has 0 heterocycles. The van der Waals surface area contributed by atoms with Crippen molar-refractivity contribution >= 4 is 5.97 Å². The van der Waals surface area contributed by atoms with E-state index in [1.165, 1.54) is 0 Å². The zero-order valence-electron chi connectivity index (χ0n) is 6.84. The molecule has 1 saturated carbocycles. The summed E-state index contributed by atoms with van der Waals surface area (Å²) in [6.45, 7) is 5.73. The van der Waals surface area contributed by atoms with E-state index in [0.717, 1.165) is 19.3 Å². The van der Waals surface area contributed by atoms with Crippen LogP contribution in [0.3, 0.4) is 0 Å². The molecule has 2 unspecified atom stereocenters. The molecule has 1 aliphatic carbocycles. The fourth-order valence-corrected chi connectivity index (χ4v) is 1.70. The van der Waals surface area contributed by atoms with Gasteiger partial charge in [-0.3, -0.25) is 0 Å². The standard InChI is InChI=1S/C9H14O2/c1-6-3-4-8(5-6)7(2)9(10)11/h6,8H,2-5H2,1H3,(H,10,11). The van der Waals surface area contributed by atoms with Gasteiger partial charge in [-0.05, 0) is 24.7 Å². The van der Waals surface area contributed by atoms with Crippen LogP contribution in [0.2, 0.25) is 0 Å². The predicted molar refractivity (Wildman–Crippen MR) is 43.3 cm³/mol. The first-order valence-corrected chi connectivity index (χ1v) is 4.03. The average molecular weight is 154 g/mol. The molecule has 0 aromatic rings. The molecule has 0 aromatic carbocycles. The largest absolute Gasteiger partial charge is 0.478 e. The van der Waals surface area contributed by atoms with Crippen molar-refractivity contribution in [3.8, 4) is 0 Å². The Bertz CT molecular complexity index is 184. The summed E-state index contributed by atoms with van der Waals surface area (Å²) in [6, 6.07) is 0. The second kappa shape index (κ2) is 3.07. The average Bonchev–Trinajstić information content (AvgIpc) is 2.34. The first kappa shape index (κ1) is 8.31. The number of carboxylic acid groups (broad SMARTS) is 1. The Kier molecular flexibility index (Phi) is 2.32. The van der Waals surface area contributed by atoms with Gasteiger partial charge in [0.25, 0.3) is 0 Å². The highest BCUT2D eigenvalue weighted by atomic mass is 16.4. The van der Waals surface area contributed by atoms with Gasteiger partial charge < -0.3 is 5.11 Å². The van der Waals surface area contributed by atoms with Gasteiger partial charge in [-0.15, -0.1) is 0 Å². The number of rotatable bonds is 2. The van der Waals surface area contributed by atoms with Crippen molar-refractivity contribution in [2.24, 2.45) is 11.8 Å². The van der Waals surface area contributed by atoms with Gasteiger partial charge in [-0.25, -0.2) is 4.79 Å². The van der Waals surface area contributed by atoms with Gasteiger partial charge in [0, 0.05) is 5.57 Å². The lowest BCUT2D eigenvalue weighted by atomic mass is 9.98. The summed E-state index contributed by atoms with van der Waals surface area (Å²) < 4.78 is 0. The summed E-state index contributed by atoms with van der Waals surface area (Å²) in [5.74, 6) is 0.0858. The van der Waals surface area contributed by atoms with Crippen molar-refractivity contribution in [3.05, 3.63) is 12.2 Å². The molecule has 0 amide bonds. The van der Waals surface area contributed by atoms with Crippen LogP contribution in [0, 0.1) is 11.8 Å².